The molecule has 1 atom stereocenters. The Labute approximate surface area is 174 Å². The summed E-state index contributed by atoms with van der Waals surface area (Å²) >= 11 is 5.78. The first kappa shape index (κ1) is 22.2. The topological polar surface area (TPSA) is 93.7 Å². The molecule has 154 valence electrons. The van der Waals surface area contributed by atoms with E-state index in [1.54, 1.807) is 31.4 Å². The van der Waals surface area contributed by atoms with Gasteiger partial charge in [-0.1, -0.05) is 23.7 Å². The number of hydrogen-bond donors (Lipinski definition) is 2. The third-order valence-electron chi connectivity index (χ3n) is 4.05. The minimum atomic E-state index is -0.898. The van der Waals surface area contributed by atoms with Crippen molar-refractivity contribution in [3.05, 3.63) is 64.7 Å². The number of ether oxygens (including phenoxy) is 2. The fourth-order valence-electron chi connectivity index (χ4n) is 2.39. The summed E-state index contributed by atoms with van der Waals surface area (Å²) in [6.07, 6.45) is 0.636. The number of carbonyl (C=O) groups excluding carboxylic acids is 3. The van der Waals surface area contributed by atoms with Crippen LogP contribution in [0.15, 0.2) is 48.5 Å². The molecule has 2 aromatic carbocycles. The second-order valence-corrected chi connectivity index (χ2v) is 6.69. The van der Waals surface area contributed by atoms with Gasteiger partial charge in [-0.3, -0.25) is 9.59 Å². The van der Waals surface area contributed by atoms with Gasteiger partial charge in [0.1, 0.15) is 11.8 Å². The van der Waals surface area contributed by atoms with E-state index in [1.165, 1.54) is 6.92 Å². The van der Waals surface area contributed by atoms with Gasteiger partial charge in [-0.25, -0.2) is 4.79 Å². The van der Waals surface area contributed by atoms with Crippen molar-refractivity contribution in [2.75, 3.05) is 20.3 Å². The second kappa shape index (κ2) is 11.1. The van der Waals surface area contributed by atoms with Crippen LogP contribution in [-0.4, -0.2) is 44.1 Å². The minimum absolute atomic E-state index is 0.366. The van der Waals surface area contributed by atoms with E-state index in [4.69, 9.17) is 21.1 Å². The van der Waals surface area contributed by atoms with E-state index in [2.05, 4.69) is 10.6 Å². The summed E-state index contributed by atoms with van der Waals surface area (Å²) in [7, 11) is 1.60. The first-order valence-corrected chi connectivity index (χ1v) is 9.39. The summed E-state index contributed by atoms with van der Waals surface area (Å²) in [5.74, 6) is -0.780. The molecule has 0 saturated carbocycles. The Hall–Kier alpha value is -3.06. The van der Waals surface area contributed by atoms with Crippen molar-refractivity contribution in [2.24, 2.45) is 0 Å². The van der Waals surface area contributed by atoms with Crippen molar-refractivity contribution in [3.63, 3.8) is 0 Å². The molecule has 0 saturated heterocycles. The molecule has 2 aromatic rings. The number of carbonyl (C=O) groups is 3. The van der Waals surface area contributed by atoms with Gasteiger partial charge in [0.05, 0.1) is 7.11 Å². The molecule has 0 heterocycles. The van der Waals surface area contributed by atoms with Crippen LogP contribution in [0.2, 0.25) is 5.02 Å². The quantitative estimate of drug-likeness (QED) is 0.610. The van der Waals surface area contributed by atoms with E-state index in [9.17, 15) is 14.4 Å². The van der Waals surface area contributed by atoms with E-state index < -0.39 is 30.4 Å². The van der Waals surface area contributed by atoms with Crippen LogP contribution in [0.25, 0.3) is 0 Å². The smallest absolute Gasteiger partial charge is 0.328 e. The van der Waals surface area contributed by atoms with Crippen molar-refractivity contribution in [1.29, 1.82) is 0 Å². The molecule has 0 unspecified atom stereocenters. The van der Waals surface area contributed by atoms with Crippen LogP contribution in [0.1, 0.15) is 22.8 Å². The summed E-state index contributed by atoms with van der Waals surface area (Å²) in [5.41, 5.74) is 1.41. The lowest BCUT2D eigenvalue weighted by atomic mass is 10.1. The van der Waals surface area contributed by atoms with Gasteiger partial charge in [0.15, 0.2) is 6.61 Å². The third kappa shape index (κ3) is 7.46. The molecular weight excluding hydrogens is 396 g/mol. The lowest BCUT2D eigenvalue weighted by Gasteiger charge is -2.13. The minimum Gasteiger partial charge on any atom is -0.497 e. The maximum Gasteiger partial charge on any atom is 0.328 e. The largest absolute Gasteiger partial charge is 0.497 e. The monoisotopic (exact) mass is 418 g/mol. The molecule has 0 aliphatic rings. The van der Waals surface area contributed by atoms with Gasteiger partial charge in [0.25, 0.3) is 11.8 Å². The Balaban J connectivity index is 1.68. The van der Waals surface area contributed by atoms with Crippen molar-refractivity contribution < 1.29 is 23.9 Å². The normalized spacial score (nSPS) is 11.3. The van der Waals surface area contributed by atoms with Gasteiger partial charge >= 0.3 is 5.97 Å². The highest BCUT2D eigenvalue weighted by Gasteiger charge is 2.19. The zero-order valence-corrected chi connectivity index (χ0v) is 17.0. The molecule has 0 bridgehead atoms. The number of esters is 1. The first-order chi connectivity index (χ1) is 13.9. The van der Waals surface area contributed by atoms with E-state index in [1.807, 2.05) is 24.3 Å². The summed E-state index contributed by atoms with van der Waals surface area (Å²) in [5, 5.41) is 5.70. The Bertz CT molecular complexity index is 837. The summed E-state index contributed by atoms with van der Waals surface area (Å²) in [6.45, 7) is 1.48. The number of halogens is 1. The van der Waals surface area contributed by atoms with E-state index in [-0.39, 0.29) is 0 Å². The number of rotatable bonds is 9. The van der Waals surface area contributed by atoms with Crippen molar-refractivity contribution >= 4 is 29.4 Å². The molecule has 2 amide bonds. The van der Waals surface area contributed by atoms with E-state index in [0.717, 1.165) is 11.3 Å². The van der Waals surface area contributed by atoms with Crippen LogP contribution in [0, 0.1) is 0 Å². The number of hydrogen-bond acceptors (Lipinski definition) is 5. The predicted molar refractivity (Wildman–Crippen MR) is 109 cm³/mol. The summed E-state index contributed by atoms with van der Waals surface area (Å²) < 4.78 is 10.0. The molecule has 8 heteroatoms. The maximum absolute atomic E-state index is 12.1. The van der Waals surface area contributed by atoms with E-state index >= 15 is 0 Å². The van der Waals surface area contributed by atoms with Gasteiger partial charge in [-0.2, -0.15) is 0 Å². The Morgan fingerprint density at radius 1 is 1.03 bits per heavy atom. The molecule has 0 aliphatic carbocycles. The van der Waals surface area contributed by atoms with Gasteiger partial charge in [0, 0.05) is 17.1 Å². The van der Waals surface area contributed by atoms with Crippen LogP contribution >= 0.6 is 11.6 Å². The van der Waals surface area contributed by atoms with Gasteiger partial charge in [-0.15, -0.1) is 0 Å². The SMILES string of the molecule is COc1ccc(CCNC(=O)COC(=O)[C@H](C)NC(=O)c2ccc(Cl)cc2)cc1. The van der Waals surface area contributed by atoms with Crippen LogP contribution in [0.4, 0.5) is 0 Å². The highest BCUT2D eigenvalue weighted by Crippen LogP contribution is 2.11. The van der Waals surface area contributed by atoms with Crippen LogP contribution in [0.5, 0.6) is 5.75 Å². The summed E-state index contributed by atoms with van der Waals surface area (Å²) in [6, 6.07) is 12.9. The lowest BCUT2D eigenvalue weighted by molar-refractivity contribution is -0.150. The third-order valence-corrected chi connectivity index (χ3v) is 4.30. The Kier molecular flexibility index (Phi) is 8.48. The molecular formula is C21H23ClN2O5. The molecule has 0 radical (unpaired) electrons. The van der Waals surface area contributed by atoms with Gasteiger partial charge < -0.3 is 20.1 Å². The van der Waals surface area contributed by atoms with E-state index in [0.29, 0.717) is 23.6 Å². The maximum atomic E-state index is 12.1. The number of nitrogens with one attached hydrogen (secondary N) is 2. The summed E-state index contributed by atoms with van der Waals surface area (Å²) in [4.78, 5) is 35.9. The predicted octanol–water partition coefficient (Wildman–Crippen LogP) is 2.37. The molecule has 0 aromatic heterocycles. The van der Waals surface area contributed by atoms with Crippen LogP contribution in [0.3, 0.4) is 0 Å². The first-order valence-electron chi connectivity index (χ1n) is 9.01. The average Bonchev–Trinajstić information content (AvgIpc) is 2.72. The number of amides is 2. The standard InChI is InChI=1S/C21H23ClN2O5/c1-14(24-20(26)16-5-7-17(22)8-6-16)21(27)29-13-19(25)23-12-11-15-3-9-18(28-2)10-4-15/h3-10,14H,11-13H2,1-2H3,(H,23,25)(H,24,26)/t14-/m0/s1. The van der Waals surface area contributed by atoms with Crippen molar-refractivity contribution in [2.45, 2.75) is 19.4 Å². The fourth-order valence-corrected chi connectivity index (χ4v) is 2.52. The molecule has 0 spiro atoms. The Morgan fingerprint density at radius 2 is 1.69 bits per heavy atom. The molecule has 7 nitrogen and oxygen atoms in total. The number of methoxy groups -OCH3 is 1. The number of benzene rings is 2. The highest BCUT2D eigenvalue weighted by molar-refractivity contribution is 6.30. The molecule has 0 fully saturated rings. The van der Waals surface area contributed by atoms with Crippen LogP contribution in [-0.2, 0) is 20.7 Å². The lowest BCUT2D eigenvalue weighted by Crippen LogP contribution is -2.41. The zero-order valence-electron chi connectivity index (χ0n) is 16.2. The fraction of sp³-hybridized carbons (Fsp3) is 0.286. The molecule has 2 N–H and O–H groups in total. The van der Waals surface area contributed by atoms with Gasteiger partial charge in [-0.05, 0) is 55.3 Å². The van der Waals surface area contributed by atoms with Gasteiger partial charge in [0.2, 0.25) is 0 Å². The van der Waals surface area contributed by atoms with Crippen molar-refractivity contribution in [1.82, 2.24) is 10.6 Å². The molecule has 29 heavy (non-hydrogen) atoms. The second-order valence-electron chi connectivity index (χ2n) is 6.26. The molecule has 0 aliphatic heterocycles. The van der Waals surface area contributed by atoms with Crippen molar-refractivity contribution in [3.8, 4) is 5.75 Å². The highest BCUT2D eigenvalue weighted by atomic mass is 35.5. The zero-order chi connectivity index (χ0) is 21.2. The molecule has 2 rings (SSSR count). The average molecular weight is 419 g/mol. The van der Waals surface area contributed by atoms with Crippen LogP contribution < -0.4 is 15.4 Å². The Morgan fingerprint density at radius 3 is 2.31 bits per heavy atom.